The molecular formula is C10H19NO2. The summed E-state index contributed by atoms with van der Waals surface area (Å²) in [6.45, 7) is 3.79. The van der Waals surface area contributed by atoms with Gasteiger partial charge in [-0.25, -0.2) is 0 Å². The van der Waals surface area contributed by atoms with Crippen molar-refractivity contribution in [2.24, 2.45) is 5.92 Å². The molecule has 0 heterocycles. The van der Waals surface area contributed by atoms with Gasteiger partial charge in [0.25, 0.3) is 0 Å². The zero-order valence-corrected chi connectivity index (χ0v) is 8.58. The molecule has 0 aromatic heterocycles. The third kappa shape index (κ3) is 3.77. The Kier molecular flexibility index (Phi) is 4.22. The fraction of sp³-hybridized carbons (Fsp3) is 0.900. The average molecular weight is 185 g/mol. The van der Waals surface area contributed by atoms with E-state index in [-0.39, 0.29) is 5.97 Å². The van der Waals surface area contributed by atoms with E-state index in [0.29, 0.717) is 13.2 Å². The lowest BCUT2D eigenvalue weighted by molar-refractivity contribution is -0.144. The van der Waals surface area contributed by atoms with E-state index in [4.69, 9.17) is 4.74 Å². The second-order valence-electron chi connectivity index (χ2n) is 3.80. The Labute approximate surface area is 80.1 Å². The van der Waals surface area contributed by atoms with Crippen molar-refractivity contribution in [3.05, 3.63) is 0 Å². The van der Waals surface area contributed by atoms with Gasteiger partial charge in [-0.2, -0.15) is 0 Å². The summed E-state index contributed by atoms with van der Waals surface area (Å²) in [6, 6.07) is 0. The Bertz CT molecular complexity index is 166. The summed E-state index contributed by atoms with van der Waals surface area (Å²) < 4.78 is 4.87. The molecule has 3 nitrogen and oxygen atoms in total. The molecule has 1 fully saturated rings. The van der Waals surface area contributed by atoms with Gasteiger partial charge in [0.1, 0.15) is 0 Å². The van der Waals surface area contributed by atoms with Crippen LogP contribution in [0.3, 0.4) is 0 Å². The molecule has 0 bridgehead atoms. The number of carbonyl (C=O) groups is 1. The van der Waals surface area contributed by atoms with Crippen molar-refractivity contribution in [3.8, 4) is 0 Å². The average Bonchev–Trinajstić information content (AvgIpc) is 1.97. The molecule has 13 heavy (non-hydrogen) atoms. The Morgan fingerprint density at radius 3 is 2.69 bits per heavy atom. The standard InChI is InChI=1S/C10H19NO2/c1-3-13-10(12)8-11(2)7-9-5-4-6-9/h9H,3-8H2,1-2H3. The molecular weight excluding hydrogens is 166 g/mol. The lowest BCUT2D eigenvalue weighted by atomic mass is 9.85. The molecule has 0 spiro atoms. The van der Waals surface area contributed by atoms with Crippen LogP contribution in [0, 0.1) is 5.92 Å². The van der Waals surface area contributed by atoms with Crippen LogP contribution in [0.4, 0.5) is 0 Å². The van der Waals surface area contributed by atoms with E-state index in [0.717, 1.165) is 12.5 Å². The van der Waals surface area contributed by atoms with Gasteiger partial charge in [0.15, 0.2) is 0 Å². The molecule has 1 aliphatic carbocycles. The molecule has 1 rings (SSSR count). The number of hydrogen-bond acceptors (Lipinski definition) is 3. The first-order valence-corrected chi connectivity index (χ1v) is 5.06. The van der Waals surface area contributed by atoms with Crippen molar-refractivity contribution in [1.82, 2.24) is 4.90 Å². The highest BCUT2D eigenvalue weighted by atomic mass is 16.5. The van der Waals surface area contributed by atoms with Crippen LogP contribution in [0.25, 0.3) is 0 Å². The summed E-state index contributed by atoms with van der Waals surface area (Å²) in [6.07, 6.45) is 4.01. The Morgan fingerprint density at radius 1 is 1.54 bits per heavy atom. The minimum absolute atomic E-state index is 0.107. The van der Waals surface area contributed by atoms with Crippen molar-refractivity contribution in [2.75, 3.05) is 26.7 Å². The van der Waals surface area contributed by atoms with Crippen molar-refractivity contribution in [2.45, 2.75) is 26.2 Å². The van der Waals surface area contributed by atoms with Crippen LogP contribution in [-0.4, -0.2) is 37.6 Å². The maximum absolute atomic E-state index is 11.1. The summed E-state index contributed by atoms with van der Waals surface area (Å²) in [5, 5.41) is 0. The molecule has 0 saturated heterocycles. The van der Waals surface area contributed by atoms with Gasteiger partial charge >= 0.3 is 5.97 Å². The number of rotatable bonds is 5. The Balaban J connectivity index is 2.08. The predicted molar refractivity (Wildman–Crippen MR) is 51.5 cm³/mol. The molecule has 0 unspecified atom stereocenters. The Morgan fingerprint density at radius 2 is 2.23 bits per heavy atom. The highest BCUT2D eigenvalue weighted by molar-refractivity contribution is 5.71. The van der Waals surface area contributed by atoms with Gasteiger partial charge in [-0.3, -0.25) is 9.69 Å². The van der Waals surface area contributed by atoms with Crippen LogP contribution < -0.4 is 0 Å². The monoisotopic (exact) mass is 185 g/mol. The maximum atomic E-state index is 11.1. The fourth-order valence-corrected chi connectivity index (χ4v) is 1.61. The fourth-order valence-electron chi connectivity index (χ4n) is 1.61. The van der Waals surface area contributed by atoms with Crippen LogP contribution in [-0.2, 0) is 9.53 Å². The largest absolute Gasteiger partial charge is 0.465 e. The zero-order valence-electron chi connectivity index (χ0n) is 8.58. The quantitative estimate of drug-likeness (QED) is 0.604. The minimum Gasteiger partial charge on any atom is -0.465 e. The summed E-state index contributed by atoms with van der Waals surface area (Å²) in [7, 11) is 1.98. The van der Waals surface area contributed by atoms with Crippen molar-refractivity contribution in [1.29, 1.82) is 0 Å². The van der Waals surface area contributed by atoms with E-state index < -0.39 is 0 Å². The van der Waals surface area contributed by atoms with Gasteiger partial charge in [-0.1, -0.05) is 6.42 Å². The van der Waals surface area contributed by atoms with Gasteiger partial charge in [-0.05, 0) is 32.7 Å². The van der Waals surface area contributed by atoms with Crippen LogP contribution in [0.15, 0.2) is 0 Å². The summed E-state index contributed by atoms with van der Waals surface area (Å²) in [5.74, 6) is 0.712. The van der Waals surface area contributed by atoms with Crippen LogP contribution >= 0.6 is 0 Å². The number of esters is 1. The van der Waals surface area contributed by atoms with Crippen molar-refractivity contribution < 1.29 is 9.53 Å². The number of hydrogen-bond donors (Lipinski definition) is 0. The minimum atomic E-state index is -0.107. The van der Waals surface area contributed by atoms with E-state index in [1.54, 1.807) is 0 Å². The molecule has 0 atom stereocenters. The number of likely N-dealkylation sites (N-methyl/N-ethyl adjacent to an activating group) is 1. The maximum Gasteiger partial charge on any atom is 0.320 e. The summed E-state index contributed by atoms with van der Waals surface area (Å²) >= 11 is 0. The topological polar surface area (TPSA) is 29.5 Å². The lowest BCUT2D eigenvalue weighted by Gasteiger charge is -2.29. The summed E-state index contributed by atoms with van der Waals surface area (Å²) in [4.78, 5) is 13.1. The van der Waals surface area contributed by atoms with Gasteiger partial charge in [0.2, 0.25) is 0 Å². The molecule has 0 amide bonds. The van der Waals surface area contributed by atoms with E-state index in [2.05, 4.69) is 4.90 Å². The van der Waals surface area contributed by atoms with Crippen LogP contribution in [0.2, 0.25) is 0 Å². The molecule has 1 aliphatic rings. The first-order valence-electron chi connectivity index (χ1n) is 5.06. The smallest absolute Gasteiger partial charge is 0.320 e. The third-order valence-electron chi connectivity index (χ3n) is 2.50. The predicted octanol–water partition coefficient (Wildman–Crippen LogP) is 1.28. The number of carbonyl (C=O) groups excluding carboxylic acids is 1. The molecule has 0 aliphatic heterocycles. The highest BCUT2D eigenvalue weighted by Crippen LogP contribution is 2.26. The molecule has 1 saturated carbocycles. The Hall–Kier alpha value is -0.570. The molecule has 3 heteroatoms. The highest BCUT2D eigenvalue weighted by Gasteiger charge is 2.19. The molecule has 0 aromatic carbocycles. The first-order chi connectivity index (χ1) is 6.22. The van der Waals surface area contributed by atoms with Gasteiger partial charge in [0, 0.05) is 6.54 Å². The first kappa shape index (κ1) is 10.5. The third-order valence-corrected chi connectivity index (χ3v) is 2.50. The van der Waals surface area contributed by atoms with Crippen molar-refractivity contribution >= 4 is 5.97 Å². The van der Waals surface area contributed by atoms with E-state index in [1.165, 1.54) is 19.3 Å². The number of nitrogens with zero attached hydrogens (tertiary/aromatic N) is 1. The molecule has 0 radical (unpaired) electrons. The van der Waals surface area contributed by atoms with E-state index >= 15 is 0 Å². The van der Waals surface area contributed by atoms with Crippen molar-refractivity contribution in [3.63, 3.8) is 0 Å². The zero-order chi connectivity index (χ0) is 9.68. The molecule has 76 valence electrons. The second-order valence-corrected chi connectivity index (χ2v) is 3.80. The SMILES string of the molecule is CCOC(=O)CN(C)CC1CCC1. The number of ether oxygens (including phenoxy) is 1. The van der Waals surface area contributed by atoms with Gasteiger partial charge in [-0.15, -0.1) is 0 Å². The van der Waals surface area contributed by atoms with E-state index in [9.17, 15) is 4.79 Å². The normalized spacial score (nSPS) is 17.2. The van der Waals surface area contributed by atoms with Crippen LogP contribution in [0.5, 0.6) is 0 Å². The van der Waals surface area contributed by atoms with Crippen LogP contribution in [0.1, 0.15) is 26.2 Å². The van der Waals surface area contributed by atoms with Gasteiger partial charge < -0.3 is 4.74 Å². The summed E-state index contributed by atoms with van der Waals surface area (Å²) in [5.41, 5.74) is 0. The lowest BCUT2D eigenvalue weighted by Crippen LogP contribution is -2.34. The molecule has 0 N–H and O–H groups in total. The second kappa shape index (κ2) is 5.22. The molecule has 0 aromatic rings. The van der Waals surface area contributed by atoms with Gasteiger partial charge in [0.05, 0.1) is 13.2 Å². The van der Waals surface area contributed by atoms with E-state index in [1.807, 2.05) is 14.0 Å².